The van der Waals surface area contributed by atoms with Gasteiger partial charge in [0.15, 0.2) is 0 Å². The molecule has 0 aromatic heterocycles. The maximum absolute atomic E-state index is 12.4. The largest absolute Gasteiger partial charge is 0.326 e. The molecule has 4 atom stereocenters. The molecule has 3 nitrogen and oxygen atoms in total. The summed E-state index contributed by atoms with van der Waals surface area (Å²) in [5.41, 5.74) is 2.20. The van der Waals surface area contributed by atoms with E-state index in [9.17, 15) is 4.79 Å². The lowest BCUT2D eigenvalue weighted by molar-refractivity contribution is -0.118. The van der Waals surface area contributed by atoms with Gasteiger partial charge in [-0.25, -0.2) is 0 Å². The van der Waals surface area contributed by atoms with Crippen molar-refractivity contribution in [1.82, 2.24) is 5.32 Å². The second-order valence-electron chi connectivity index (χ2n) is 6.98. The molecule has 3 heteroatoms. The van der Waals surface area contributed by atoms with E-state index in [-0.39, 0.29) is 5.91 Å². The molecule has 0 aliphatic heterocycles. The number of nitrogens with one attached hydrogen (secondary N) is 2. The van der Waals surface area contributed by atoms with Gasteiger partial charge in [0.1, 0.15) is 0 Å². The van der Waals surface area contributed by atoms with E-state index in [1.54, 1.807) is 0 Å². The first-order valence-electron chi connectivity index (χ1n) is 8.38. The van der Waals surface area contributed by atoms with Gasteiger partial charge < -0.3 is 10.6 Å². The van der Waals surface area contributed by atoms with Crippen LogP contribution in [0, 0.1) is 29.6 Å². The Hall–Kier alpha value is -1.35. The van der Waals surface area contributed by atoms with Crippen molar-refractivity contribution in [2.45, 2.75) is 32.7 Å². The first-order valence-corrected chi connectivity index (χ1v) is 8.38. The Morgan fingerprint density at radius 1 is 1.14 bits per heavy atom. The van der Waals surface area contributed by atoms with Gasteiger partial charge in [0.05, 0.1) is 0 Å². The molecule has 4 rings (SSSR count). The summed E-state index contributed by atoms with van der Waals surface area (Å²) >= 11 is 0. The average Bonchev–Trinajstić information content (AvgIpc) is 2.95. The molecule has 0 radical (unpaired) electrons. The normalized spacial score (nSPS) is 35.6. The maximum Gasteiger partial charge on any atom is 0.228 e. The first kappa shape index (κ1) is 13.3. The van der Waals surface area contributed by atoms with Crippen LogP contribution in [0.25, 0.3) is 0 Å². The minimum Gasteiger partial charge on any atom is -0.326 e. The van der Waals surface area contributed by atoms with Gasteiger partial charge in [-0.05, 0) is 67.2 Å². The summed E-state index contributed by atoms with van der Waals surface area (Å²) in [5, 5.41) is 6.43. The van der Waals surface area contributed by atoms with E-state index >= 15 is 0 Å². The molecule has 2 bridgehead atoms. The van der Waals surface area contributed by atoms with Crippen molar-refractivity contribution in [3.8, 4) is 0 Å². The zero-order chi connectivity index (χ0) is 14.4. The third-order valence-electron chi connectivity index (χ3n) is 5.84. The molecule has 0 heterocycles. The van der Waals surface area contributed by atoms with Crippen molar-refractivity contribution in [3.63, 3.8) is 0 Å². The number of carbonyl (C=O) groups is 1. The van der Waals surface area contributed by atoms with E-state index < -0.39 is 0 Å². The third-order valence-corrected chi connectivity index (χ3v) is 5.84. The Bertz CT molecular complexity index is 523. The molecule has 1 amide bonds. The van der Waals surface area contributed by atoms with Crippen LogP contribution >= 0.6 is 0 Å². The number of fused-ring (bicyclic) bond motifs is 5. The number of benzene rings is 1. The molecule has 1 aromatic rings. The Balaban J connectivity index is 1.35. The summed E-state index contributed by atoms with van der Waals surface area (Å²) in [4.78, 5) is 12.4. The zero-order valence-corrected chi connectivity index (χ0v) is 12.6. The van der Waals surface area contributed by atoms with E-state index in [1.165, 1.54) is 24.8 Å². The van der Waals surface area contributed by atoms with E-state index in [0.29, 0.717) is 5.92 Å². The lowest BCUT2D eigenvalue weighted by Crippen LogP contribution is -2.18. The molecule has 2 N–H and O–H groups in total. The number of hydrogen-bond acceptors (Lipinski definition) is 2. The molecule has 4 unspecified atom stereocenters. The van der Waals surface area contributed by atoms with Gasteiger partial charge in [-0.2, -0.15) is 0 Å². The van der Waals surface area contributed by atoms with Crippen LogP contribution in [0.15, 0.2) is 24.3 Å². The minimum absolute atomic E-state index is 0.265. The third kappa shape index (κ3) is 2.28. The Morgan fingerprint density at radius 3 is 2.43 bits per heavy atom. The van der Waals surface area contributed by atoms with Crippen LogP contribution in [0.5, 0.6) is 0 Å². The molecule has 1 aromatic carbocycles. The molecule has 21 heavy (non-hydrogen) atoms. The van der Waals surface area contributed by atoms with Crippen molar-refractivity contribution in [2.75, 3.05) is 11.9 Å². The SMILES string of the molecule is CCNCc1ccc(NC(=O)C2C3C4CCC(C4)C23)cc1. The van der Waals surface area contributed by atoms with E-state index in [1.807, 2.05) is 12.1 Å². The second-order valence-corrected chi connectivity index (χ2v) is 6.98. The highest BCUT2D eigenvalue weighted by atomic mass is 16.2. The lowest BCUT2D eigenvalue weighted by Gasteiger charge is -2.10. The fourth-order valence-electron chi connectivity index (χ4n) is 4.88. The fourth-order valence-corrected chi connectivity index (χ4v) is 4.88. The first-order chi connectivity index (χ1) is 10.3. The highest BCUT2D eigenvalue weighted by Gasteiger charge is 2.67. The van der Waals surface area contributed by atoms with E-state index in [0.717, 1.165) is 42.4 Å². The van der Waals surface area contributed by atoms with Gasteiger partial charge in [-0.3, -0.25) is 4.79 Å². The fraction of sp³-hybridized carbons (Fsp3) is 0.611. The van der Waals surface area contributed by atoms with Crippen LogP contribution in [0.3, 0.4) is 0 Å². The van der Waals surface area contributed by atoms with Gasteiger partial charge in [0.25, 0.3) is 0 Å². The number of anilines is 1. The molecule has 3 fully saturated rings. The molecule has 3 aliphatic rings. The van der Waals surface area contributed by atoms with E-state index in [2.05, 4.69) is 29.7 Å². The summed E-state index contributed by atoms with van der Waals surface area (Å²) in [7, 11) is 0. The summed E-state index contributed by atoms with van der Waals surface area (Å²) in [6.45, 7) is 3.97. The van der Waals surface area contributed by atoms with Gasteiger partial charge >= 0.3 is 0 Å². The topological polar surface area (TPSA) is 41.1 Å². The number of carbonyl (C=O) groups excluding carboxylic acids is 1. The summed E-state index contributed by atoms with van der Waals surface area (Å²) < 4.78 is 0. The molecule has 112 valence electrons. The molecule has 0 saturated heterocycles. The van der Waals surface area contributed by atoms with Crippen LogP contribution in [-0.4, -0.2) is 12.5 Å². The summed E-state index contributed by atoms with van der Waals surface area (Å²) in [6, 6.07) is 8.24. The predicted molar refractivity (Wildman–Crippen MR) is 83.8 cm³/mol. The predicted octanol–water partition coefficient (Wildman–Crippen LogP) is 3.03. The van der Waals surface area contributed by atoms with Crippen molar-refractivity contribution in [2.24, 2.45) is 29.6 Å². The Kier molecular flexibility index (Phi) is 3.26. The van der Waals surface area contributed by atoms with Gasteiger partial charge in [-0.1, -0.05) is 19.1 Å². The van der Waals surface area contributed by atoms with Crippen LogP contribution in [0.4, 0.5) is 5.69 Å². The highest BCUT2D eigenvalue weighted by Crippen LogP contribution is 2.69. The van der Waals surface area contributed by atoms with Crippen molar-refractivity contribution in [3.05, 3.63) is 29.8 Å². The quantitative estimate of drug-likeness (QED) is 0.872. The maximum atomic E-state index is 12.4. The standard InChI is InChI=1S/C18H24N2O/c1-2-19-10-11-3-7-14(8-4-11)20-18(21)17-15-12-5-6-13(9-12)16(15)17/h3-4,7-8,12-13,15-17,19H,2,5-6,9-10H2,1H3,(H,20,21). The highest BCUT2D eigenvalue weighted by molar-refractivity contribution is 5.95. The zero-order valence-electron chi connectivity index (χ0n) is 12.6. The van der Waals surface area contributed by atoms with Crippen LogP contribution in [0.1, 0.15) is 31.7 Å². The van der Waals surface area contributed by atoms with Crippen molar-refractivity contribution >= 4 is 11.6 Å². The lowest BCUT2D eigenvalue weighted by atomic mass is 10.0. The van der Waals surface area contributed by atoms with Gasteiger partial charge in [0.2, 0.25) is 5.91 Å². The van der Waals surface area contributed by atoms with Crippen LogP contribution in [0.2, 0.25) is 0 Å². The molecule has 3 saturated carbocycles. The average molecular weight is 284 g/mol. The smallest absolute Gasteiger partial charge is 0.228 e. The molecular weight excluding hydrogens is 260 g/mol. The number of hydrogen-bond donors (Lipinski definition) is 2. The molecule has 3 aliphatic carbocycles. The van der Waals surface area contributed by atoms with Gasteiger partial charge in [0, 0.05) is 18.2 Å². The number of amides is 1. The second kappa shape index (κ2) is 5.13. The number of rotatable bonds is 5. The summed E-state index contributed by atoms with van der Waals surface area (Å²) in [6.07, 6.45) is 4.14. The Labute approximate surface area is 126 Å². The van der Waals surface area contributed by atoms with Gasteiger partial charge in [-0.15, -0.1) is 0 Å². The van der Waals surface area contributed by atoms with Crippen LogP contribution < -0.4 is 10.6 Å². The van der Waals surface area contributed by atoms with Crippen molar-refractivity contribution < 1.29 is 4.79 Å². The minimum atomic E-state index is 0.265. The molecule has 0 spiro atoms. The van der Waals surface area contributed by atoms with E-state index in [4.69, 9.17) is 0 Å². The molecular formula is C18H24N2O. The Morgan fingerprint density at radius 2 is 1.81 bits per heavy atom. The summed E-state index contributed by atoms with van der Waals surface area (Å²) in [5.74, 6) is 3.74. The van der Waals surface area contributed by atoms with Crippen molar-refractivity contribution in [1.29, 1.82) is 0 Å². The van der Waals surface area contributed by atoms with Crippen LogP contribution in [-0.2, 0) is 11.3 Å². The monoisotopic (exact) mass is 284 g/mol.